The highest BCUT2D eigenvalue weighted by molar-refractivity contribution is 7.93. The lowest BCUT2D eigenvalue weighted by Crippen LogP contribution is -2.04. The first-order valence-electron chi connectivity index (χ1n) is 10.8. The van der Waals surface area contributed by atoms with Crippen molar-refractivity contribution >= 4 is 27.4 Å². The van der Waals surface area contributed by atoms with Gasteiger partial charge < -0.3 is 28.2 Å². The summed E-state index contributed by atoms with van der Waals surface area (Å²) < 4.78 is 73.6. The highest BCUT2D eigenvalue weighted by Crippen LogP contribution is 2.38. The second-order valence-electron chi connectivity index (χ2n) is 7.65. The molecule has 0 spiro atoms. The van der Waals surface area contributed by atoms with Gasteiger partial charge in [0, 0.05) is 34.9 Å². The minimum Gasteiger partial charge on any atom is -0.612 e. The Morgan fingerprint density at radius 3 is 1.95 bits per heavy atom. The monoisotopic (exact) mass is 548 g/mol. The quantitative estimate of drug-likeness (QED) is 0.271. The topological polar surface area (TPSA) is 124 Å². The third-order valence-electron chi connectivity index (χ3n) is 5.47. The average molecular weight is 549 g/mol. The van der Waals surface area contributed by atoms with E-state index < -0.39 is 21.3 Å². The van der Waals surface area contributed by atoms with Crippen LogP contribution < -0.4 is 23.7 Å². The molecule has 3 aromatic carbocycles. The second-order valence-corrected chi connectivity index (χ2v) is 10.4. The van der Waals surface area contributed by atoms with Crippen molar-refractivity contribution in [3.05, 3.63) is 65.1 Å². The van der Waals surface area contributed by atoms with Crippen LogP contribution in [0.5, 0.6) is 28.7 Å². The molecular formula is C26H28O9S2. The van der Waals surface area contributed by atoms with Crippen molar-refractivity contribution in [2.75, 3.05) is 35.5 Å². The van der Waals surface area contributed by atoms with Crippen LogP contribution >= 0.6 is 0 Å². The number of rotatable bonds is 11. The van der Waals surface area contributed by atoms with E-state index in [1.807, 2.05) is 0 Å². The first-order valence-corrected chi connectivity index (χ1v) is 13.7. The summed E-state index contributed by atoms with van der Waals surface area (Å²) in [5.74, 6) is 2.43. The van der Waals surface area contributed by atoms with Crippen LogP contribution in [0.1, 0.15) is 11.1 Å². The second kappa shape index (κ2) is 12.2. The Morgan fingerprint density at radius 2 is 1.41 bits per heavy atom. The maximum Gasteiger partial charge on any atom is 0.295 e. The van der Waals surface area contributed by atoms with Crippen LogP contribution in [0.2, 0.25) is 0 Å². The number of hydrogen-bond acceptors (Lipinski definition) is 8. The standard InChI is InChI=1S/C26H28O9S2/c1-31-18-7-9-26(37(28,29)30)22(13-18)21-12-17(6-8-23(21)33-3)16-36(27)11-10-20-24(34-4)14-19(32-2)15-25(20)35-5/h6-15H,16H2,1-5H3,(H,28,29,30). The lowest BCUT2D eigenvalue weighted by Gasteiger charge is -2.15. The average Bonchev–Trinajstić information content (AvgIpc) is 2.90. The molecule has 9 nitrogen and oxygen atoms in total. The van der Waals surface area contributed by atoms with Crippen molar-refractivity contribution in [1.82, 2.24) is 0 Å². The van der Waals surface area contributed by atoms with E-state index in [1.54, 1.807) is 36.4 Å². The Kier molecular flexibility index (Phi) is 9.33. The normalized spacial score (nSPS) is 12.3. The third kappa shape index (κ3) is 6.69. The molecule has 0 fully saturated rings. The van der Waals surface area contributed by atoms with Crippen molar-refractivity contribution < 1.29 is 41.2 Å². The first kappa shape index (κ1) is 28.2. The smallest absolute Gasteiger partial charge is 0.295 e. The molecule has 3 rings (SSSR count). The maximum absolute atomic E-state index is 13.0. The van der Waals surface area contributed by atoms with Gasteiger partial charge in [0.1, 0.15) is 44.8 Å². The minimum absolute atomic E-state index is 0.124. The van der Waals surface area contributed by atoms with Crippen LogP contribution in [0, 0.1) is 0 Å². The number of hydrogen-bond donors (Lipinski definition) is 1. The molecule has 0 radical (unpaired) electrons. The molecule has 0 saturated heterocycles. The van der Waals surface area contributed by atoms with Gasteiger partial charge in [-0.2, -0.15) is 8.42 Å². The first-order chi connectivity index (χ1) is 17.6. The molecule has 37 heavy (non-hydrogen) atoms. The molecule has 3 aromatic rings. The van der Waals surface area contributed by atoms with E-state index in [0.29, 0.717) is 45.4 Å². The molecule has 1 atom stereocenters. The summed E-state index contributed by atoms with van der Waals surface area (Å²) in [5.41, 5.74) is 1.83. The Balaban J connectivity index is 1.97. The van der Waals surface area contributed by atoms with Crippen LogP contribution in [0.3, 0.4) is 0 Å². The van der Waals surface area contributed by atoms with E-state index >= 15 is 0 Å². The van der Waals surface area contributed by atoms with E-state index in [-0.39, 0.29) is 16.2 Å². The highest BCUT2D eigenvalue weighted by Gasteiger charge is 2.21. The van der Waals surface area contributed by atoms with E-state index in [0.717, 1.165) is 0 Å². The molecule has 0 heterocycles. The Morgan fingerprint density at radius 1 is 0.784 bits per heavy atom. The van der Waals surface area contributed by atoms with Crippen LogP contribution in [-0.2, 0) is 27.0 Å². The zero-order valence-electron chi connectivity index (χ0n) is 21.0. The predicted octanol–water partition coefficient (Wildman–Crippen LogP) is 4.56. The SMILES string of the molecule is COc1cc(OC)c(C=C[S+]([O-])Cc2ccc(OC)c(-c3cc(OC)ccc3S(=O)(=O)O)c2)c(OC)c1. The van der Waals surface area contributed by atoms with Crippen LogP contribution in [0.15, 0.2) is 58.8 Å². The van der Waals surface area contributed by atoms with Gasteiger partial charge >= 0.3 is 0 Å². The Labute approximate surface area is 219 Å². The Bertz CT molecular complexity index is 1360. The summed E-state index contributed by atoms with van der Waals surface area (Å²) in [7, 11) is 2.92. The van der Waals surface area contributed by atoms with E-state index in [4.69, 9.17) is 23.7 Å². The minimum atomic E-state index is -4.54. The summed E-state index contributed by atoms with van der Waals surface area (Å²) in [6, 6.07) is 12.6. The van der Waals surface area contributed by atoms with Crippen LogP contribution in [0.4, 0.5) is 0 Å². The molecule has 0 saturated carbocycles. The zero-order chi connectivity index (χ0) is 27.2. The summed E-state index contributed by atoms with van der Waals surface area (Å²) in [4.78, 5) is -0.302. The molecule has 0 bridgehead atoms. The van der Waals surface area contributed by atoms with Gasteiger partial charge in [-0.15, -0.1) is 0 Å². The third-order valence-corrected chi connectivity index (χ3v) is 7.44. The number of benzene rings is 3. The highest BCUT2D eigenvalue weighted by atomic mass is 32.2. The van der Waals surface area contributed by atoms with Gasteiger partial charge in [-0.1, -0.05) is 6.07 Å². The largest absolute Gasteiger partial charge is 0.612 e. The summed E-state index contributed by atoms with van der Waals surface area (Å²) in [6.45, 7) is 0. The van der Waals surface area contributed by atoms with E-state index in [2.05, 4.69) is 0 Å². The van der Waals surface area contributed by atoms with Crippen molar-refractivity contribution in [1.29, 1.82) is 0 Å². The summed E-state index contributed by atoms with van der Waals surface area (Å²) in [6.07, 6.45) is 1.65. The zero-order valence-corrected chi connectivity index (χ0v) is 22.6. The lowest BCUT2D eigenvalue weighted by atomic mass is 10.0. The molecule has 1 unspecified atom stereocenters. The molecular weight excluding hydrogens is 520 g/mol. The maximum atomic E-state index is 13.0. The van der Waals surface area contributed by atoms with Gasteiger partial charge in [-0.3, -0.25) is 4.55 Å². The van der Waals surface area contributed by atoms with Gasteiger partial charge in [0.15, 0.2) is 0 Å². The van der Waals surface area contributed by atoms with E-state index in [9.17, 15) is 17.5 Å². The van der Waals surface area contributed by atoms with Crippen LogP contribution in [0.25, 0.3) is 17.2 Å². The number of ether oxygens (including phenoxy) is 5. The fraction of sp³-hybridized carbons (Fsp3) is 0.231. The van der Waals surface area contributed by atoms with Crippen molar-refractivity contribution in [3.8, 4) is 39.9 Å². The molecule has 0 aliphatic rings. The van der Waals surface area contributed by atoms with Crippen molar-refractivity contribution in [2.45, 2.75) is 10.6 Å². The molecule has 0 aliphatic carbocycles. The van der Waals surface area contributed by atoms with Gasteiger partial charge in [0.2, 0.25) is 0 Å². The number of methoxy groups -OCH3 is 5. The fourth-order valence-electron chi connectivity index (χ4n) is 3.68. The molecule has 198 valence electrons. The van der Waals surface area contributed by atoms with E-state index in [1.165, 1.54) is 59.2 Å². The van der Waals surface area contributed by atoms with Gasteiger partial charge in [-0.05, 0) is 41.5 Å². The summed E-state index contributed by atoms with van der Waals surface area (Å²) >= 11 is -1.46. The van der Waals surface area contributed by atoms with Crippen LogP contribution in [-0.4, -0.2) is 53.1 Å². The molecule has 0 aromatic heterocycles. The van der Waals surface area contributed by atoms with Crippen molar-refractivity contribution in [3.63, 3.8) is 0 Å². The predicted molar refractivity (Wildman–Crippen MR) is 142 cm³/mol. The van der Waals surface area contributed by atoms with Gasteiger partial charge in [0.25, 0.3) is 10.1 Å². The van der Waals surface area contributed by atoms with Gasteiger partial charge in [0.05, 0.1) is 41.1 Å². The van der Waals surface area contributed by atoms with Crippen molar-refractivity contribution in [2.24, 2.45) is 0 Å². The molecule has 0 amide bonds. The fourth-order valence-corrected chi connectivity index (χ4v) is 5.26. The Hall–Kier alpha value is -3.38. The molecule has 0 aliphatic heterocycles. The lowest BCUT2D eigenvalue weighted by molar-refractivity contribution is 0.374. The van der Waals surface area contributed by atoms with Gasteiger partial charge in [-0.25, -0.2) is 0 Å². The summed E-state index contributed by atoms with van der Waals surface area (Å²) in [5, 5.41) is 1.52. The molecule has 11 heteroatoms. The molecule has 1 N–H and O–H groups in total.